The average Bonchev–Trinajstić information content (AvgIpc) is 2.41. The first kappa shape index (κ1) is 12.4. The first-order valence-electron chi connectivity index (χ1n) is 6.01. The Morgan fingerprint density at radius 3 is 2.67 bits per heavy atom. The third kappa shape index (κ3) is 2.77. The van der Waals surface area contributed by atoms with E-state index in [1.807, 2.05) is 49.4 Å². The van der Waals surface area contributed by atoms with Crippen molar-refractivity contribution in [2.75, 3.05) is 0 Å². The lowest BCUT2D eigenvalue weighted by molar-refractivity contribution is -0.108. The summed E-state index contributed by atoms with van der Waals surface area (Å²) in [4.78, 5) is 10.8. The molecule has 0 saturated heterocycles. The lowest BCUT2D eigenvalue weighted by Crippen LogP contribution is -1.96. The number of para-hydroxylation sites is 1. The summed E-state index contributed by atoms with van der Waals surface area (Å²) in [6, 6.07) is 15.2. The molecule has 0 radical (unpaired) electrons. The van der Waals surface area contributed by atoms with Gasteiger partial charge in [-0.3, -0.25) is 0 Å². The molecule has 1 N–H and O–H groups in total. The second-order valence-electron chi connectivity index (χ2n) is 4.48. The molecule has 0 fully saturated rings. The summed E-state index contributed by atoms with van der Waals surface area (Å²) < 4.78 is 0. The summed E-state index contributed by atoms with van der Waals surface area (Å²) in [6.07, 6.45) is 1.62. The molecule has 0 aromatic heterocycles. The van der Waals surface area contributed by atoms with E-state index in [0.29, 0.717) is 12.2 Å². The van der Waals surface area contributed by atoms with E-state index < -0.39 is 0 Å². The van der Waals surface area contributed by atoms with Gasteiger partial charge in [0, 0.05) is 12.3 Å². The van der Waals surface area contributed by atoms with E-state index in [-0.39, 0.29) is 5.92 Å². The number of rotatable bonds is 4. The molecular formula is C16H16O2. The number of carbonyl (C=O) groups excluding carboxylic acids is 1. The number of aromatic hydroxyl groups is 1. The SMILES string of the molecule is CC(C=O)c1cccc(Cc2ccccc2O)c1. The van der Waals surface area contributed by atoms with Crippen molar-refractivity contribution in [3.05, 3.63) is 65.2 Å². The number of phenolic OH excluding ortho intramolecular Hbond substituents is 1. The van der Waals surface area contributed by atoms with Crippen LogP contribution in [0.2, 0.25) is 0 Å². The minimum Gasteiger partial charge on any atom is -0.508 e. The Hall–Kier alpha value is -2.09. The van der Waals surface area contributed by atoms with E-state index in [4.69, 9.17) is 0 Å². The molecule has 2 nitrogen and oxygen atoms in total. The summed E-state index contributed by atoms with van der Waals surface area (Å²) in [5.74, 6) is 0.223. The van der Waals surface area contributed by atoms with E-state index >= 15 is 0 Å². The Bertz CT molecular complexity index is 546. The van der Waals surface area contributed by atoms with Gasteiger partial charge in [-0.1, -0.05) is 49.4 Å². The van der Waals surface area contributed by atoms with Crippen LogP contribution in [0.4, 0.5) is 0 Å². The zero-order chi connectivity index (χ0) is 13.0. The minimum atomic E-state index is -0.0886. The van der Waals surface area contributed by atoms with Gasteiger partial charge in [0.1, 0.15) is 12.0 Å². The number of hydrogen-bond acceptors (Lipinski definition) is 2. The first-order valence-corrected chi connectivity index (χ1v) is 6.01. The molecule has 0 aliphatic carbocycles. The maximum Gasteiger partial charge on any atom is 0.127 e. The number of benzene rings is 2. The Balaban J connectivity index is 2.25. The highest BCUT2D eigenvalue weighted by Gasteiger charge is 2.06. The number of phenols is 1. The van der Waals surface area contributed by atoms with Crippen LogP contribution in [-0.4, -0.2) is 11.4 Å². The molecule has 0 bridgehead atoms. The minimum absolute atomic E-state index is 0.0886. The van der Waals surface area contributed by atoms with Crippen molar-refractivity contribution in [3.8, 4) is 5.75 Å². The molecule has 0 aliphatic rings. The number of aldehydes is 1. The average molecular weight is 240 g/mol. The van der Waals surface area contributed by atoms with Crippen molar-refractivity contribution >= 4 is 6.29 Å². The van der Waals surface area contributed by atoms with Crippen molar-refractivity contribution in [2.24, 2.45) is 0 Å². The van der Waals surface area contributed by atoms with E-state index in [1.165, 1.54) is 0 Å². The Morgan fingerprint density at radius 2 is 1.94 bits per heavy atom. The molecule has 92 valence electrons. The largest absolute Gasteiger partial charge is 0.508 e. The standard InChI is InChI=1S/C16H16O2/c1-12(11-17)14-7-4-5-13(9-14)10-15-6-2-3-8-16(15)18/h2-9,11-12,18H,10H2,1H3. The monoisotopic (exact) mass is 240 g/mol. The Kier molecular flexibility index (Phi) is 3.78. The molecule has 0 amide bonds. The quantitative estimate of drug-likeness (QED) is 0.833. The smallest absolute Gasteiger partial charge is 0.127 e. The first-order chi connectivity index (χ1) is 8.70. The maximum absolute atomic E-state index is 10.8. The summed E-state index contributed by atoms with van der Waals surface area (Å²) in [5, 5.41) is 9.74. The van der Waals surface area contributed by atoms with Crippen molar-refractivity contribution in [1.82, 2.24) is 0 Å². The molecule has 2 aromatic carbocycles. The van der Waals surface area contributed by atoms with Crippen LogP contribution in [0.5, 0.6) is 5.75 Å². The molecule has 0 saturated carbocycles. The highest BCUT2D eigenvalue weighted by atomic mass is 16.3. The second kappa shape index (κ2) is 5.50. The van der Waals surface area contributed by atoms with Gasteiger partial charge in [-0.15, -0.1) is 0 Å². The van der Waals surface area contributed by atoms with Crippen LogP contribution in [0.25, 0.3) is 0 Å². The van der Waals surface area contributed by atoms with Crippen LogP contribution in [0, 0.1) is 0 Å². The normalized spacial score (nSPS) is 12.1. The Morgan fingerprint density at radius 1 is 1.17 bits per heavy atom. The molecule has 1 atom stereocenters. The van der Waals surface area contributed by atoms with Crippen LogP contribution in [0.15, 0.2) is 48.5 Å². The zero-order valence-corrected chi connectivity index (χ0v) is 10.3. The molecule has 1 unspecified atom stereocenters. The van der Waals surface area contributed by atoms with E-state index in [2.05, 4.69) is 0 Å². The number of hydrogen-bond donors (Lipinski definition) is 1. The van der Waals surface area contributed by atoms with Gasteiger partial charge < -0.3 is 9.90 Å². The van der Waals surface area contributed by atoms with Gasteiger partial charge in [0.05, 0.1) is 0 Å². The van der Waals surface area contributed by atoms with Crippen LogP contribution >= 0.6 is 0 Å². The fourth-order valence-corrected chi connectivity index (χ4v) is 1.95. The van der Waals surface area contributed by atoms with Crippen molar-refractivity contribution in [2.45, 2.75) is 19.3 Å². The molecular weight excluding hydrogens is 224 g/mol. The zero-order valence-electron chi connectivity index (χ0n) is 10.3. The van der Waals surface area contributed by atoms with Crippen LogP contribution in [-0.2, 0) is 11.2 Å². The van der Waals surface area contributed by atoms with Crippen molar-refractivity contribution in [1.29, 1.82) is 0 Å². The summed E-state index contributed by atoms with van der Waals surface area (Å²) in [7, 11) is 0. The van der Waals surface area contributed by atoms with E-state index in [9.17, 15) is 9.90 Å². The molecule has 0 aliphatic heterocycles. The number of carbonyl (C=O) groups is 1. The highest BCUT2D eigenvalue weighted by Crippen LogP contribution is 2.21. The topological polar surface area (TPSA) is 37.3 Å². The second-order valence-corrected chi connectivity index (χ2v) is 4.48. The molecule has 0 heterocycles. The van der Waals surface area contributed by atoms with Gasteiger partial charge in [0.15, 0.2) is 0 Å². The van der Waals surface area contributed by atoms with Gasteiger partial charge >= 0.3 is 0 Å². The third-order valence-electron chi connectivity index (χ3n) is 3.07. The summed E-state index contributed by atoms with van der Waals surface area (Å²) >= 11 is 0. The fourth-order valence-electron chi connectivity index (χ4n) is 1.95. The van der Waals surface area contributed by atoms with Crippen LogP contribution < -0.4 is 0 Å². The molecule has 2 heteroatoms. The summed E-state index contributed by atoms with van der Waals surface area (Å²) in [6.45, 7) is 1.88. The maximum atomic E-state index is 10.8. The molecule has 2 aromatic rings. The van der Waals surface area contributed by atoms with Crippen molar-refractivity contribution < 1.29 is 9.90 Å². The third-order valence-corrected chi connectivity index (χ3v) is 3.07. The lowest BCUT2D eigenvalue weighted by atomic mass is 9.97. The van der Waals surface area contributed by atoms with Crippen LogP contribution in [0.3, 0.4) is 0 Å². The molecule has 2 rings (SSSR count). The predicted molar refractivity (Wildman–Crippen MR) is 71.8 cm³/mol. The predicted octanol–water partition coefficient (Wildman–Crippen LogP) is 3.29. The van der Waals surface area contributed by atoms with E-state index in [0.717, 1.165) is 23.0 Å². The van der Waals surface area contributed by atoms with E-state index in [1.54, 1.807) is 6.07 Å². The molecule has 0 spiro atoms. The Labute approximate surface area is 107 Å². The highest BCUT2D eigenvalue weighted by molar-refractivity contribution is 5.61. The van der Waals surface area contributed by atoms with Gasteiger partial charge in [-0.05, 0) is 22.8 Å². The van der Waals surface area contributed by atoms with Crippen molar-refractivity contribution in [3.63, 3.8) is 0 Å². The van der Waals surface area contributed by atoms with Gasteiger partial charge in [0.2, 0.25) is 0 Å². The summed E-state index contributed by atoms with van der Waals surface area (Å²) in [5.41, 5.74) is 3.01. The van der Waals surface area contributed by atoms with Gasteiger partial charge in [0.25, 0.3) is 0 Å². The fraction of sp³-hybridized carbons (Fsp3) is 0.188. The lowest BCUT2D eigenvalue weighted by Gasteiger charge is -2.08. The van der Waals surface area contributed by atoms with Gasteiger partial charge in [-0.2, -0.15) is 0 Å². The molecule has 18 heavy (non-hydrogen) atoms. The van der Waals surface area contributed by atoms with Gasteiger partial charge in [-0.25, -0.2) is 0 Å². The van der Waals surface area contributed by atoms with Crippen LogP contribution in [0.1, 0.15) is 29.5 Å².